The SMILES string of the molecule is CNC(c1cc(Br)c(C)cc1Br)C(C(F)(F)F)C(F)(F)F. The Hall–Kier alpha value is -0.280. The van der Waals surface area contributed by atoms with Crippen LogP contribution in [0.2, 0.25) is 0 Å². The van der Waals surface area contributed by atoms with Crippen molar-refractivity contribution < 1.29 is 26.3 Å². The summed E-state index contributed by atoms with van der Waals surface area (Å²) in [7, 11) is 1.06. The first-order valence-corrected chi connectivity index (χ1v) is 7.24. The molecule has 0 heterocycles. The highest BCUT2D eigenvalue weighted by Crippen LogP contribution is 2.47. The molecule has 0 aliphatic rings. The molecular formula is C12H11Br2F6N. The lowest BCUT2D eigenvalue weighted by Gasteiger charge is -2.31. The van der Waals surface area contributed by atoms with Gasteiger partial charge in [0.2, 0.25) is 0 Å². The fraction of sp³-hybridized carbons (Fsp3) is 0.500. The number of rotatable bonds is 3. The summed E-state index contributed by atoms with van der Waals surface area (Å²) in [6, 6.07) is 0.773. The summed E-state index contributed by atoms with van der Waals surface area (Å²) < 4.78 is 77.8. The Morgan fingerprint density at radius 3 is 1.81 bits per heavy atom. The van der Waals surface area contributed by atoms with Gasteiger partial charge in [-0.15, -0.1) is 0 Å². The molecule has 0 bridgehead atoms. The van der Waals surface area contributed by atoms with Gasteiger partial charge in [-0.2, -0.15) is 26.3 Å². The van der Waals surface area contributed by atoms with Crippen molar-refractivity contribution in [1.29, 1.82) is 0 Å². The number of halogens is 8. The van der Waals surface area contributed by atoms with Gasteiger partial charge in [0.05, 0.1) is 6.04 Å². The summed E-state index contributed by atoms with van der Waals surface area (Å²) >= 11 is 6.15. The predicted octanol–water partition coefficient (Wildman–Crippen LogP) is 5.52. The maximum atomic E-state index is 12.9. The average Bonchev–Trinajstić information content (AvgIpc) is 2.27. The number of hydrogen-bond acceptors (Lipinski definition) is 1. The van der Waals surface area contributed by atoms with Crippen molar-refractivity contribution in [2.75, 3.05) is 7.05 Å². The maximum absolute atomic E-state index is 12.9. The molecule has 0 aliphatic heterocycles. The second kappa shape index (κ2) is 6.45. The van der Waals surface area contributed by atoms with Gasteiger partial charge in [0, 0.05) is 8.95 Å². The molecule has 0 saturated heterocycles. The average molecular weight is 443 g/mol. The minimum Gasteiger partial charge on any atom is -0.312 e. The summed E-state index contributed by atoms with van der Waals surface area (Å²) in [5, 5.41) is 2.13. The van der Waals surface area contributed by atoms with Crippen molar-refractivity contribution in [3.05, 3.63) is 32.2 Å². The molecule has 1 atom stereocenters. The number of alkyl halides is 6. The fourth-order valence-electron chi connectivity index (χ4n) is 1.97. The van der Waals surface area contributed by atoms with Crippen LogP contribution in [0, 0.1) is 12.8 Å². The lowest BCUT2D eigenvalue weighted by Crippen LogP contribution is -2.45. The van der Waals surface area contributed by atoms with E-state index >= 15 is 0 Å². The second-order valence-corrected chi connectivity index (χ2v) is 6.16. The fourth-order valence-corrected chi connectivity index (χ4v) is 3.03. The lowest BCUT2D eigenvalue weighted by atomic mass is 9.91. The first-order chi connectivity index (χ1) is 9.39. The molecule has 1 nitrogen and oxygen atoms in total. The second-order valence-electron chi connectivity index (χ2n) is 4.45. The van der Waals surface area contributed by atoms with E-state index in [0.717, 1.165) is 7.05 Å². The maximum Gasteiger partial charge on any atom is 0.402 e. The molecule has 120 valence electrons. The van der Waals surface area contributed by atoms with Crippen LogP contribution in [0.25, 0.3) is 0 Å². The van der Waals surface area contributed by atoms with E-state index in [1.54, 1.807) is 6.92 Å². The van der Waals surface area contributed by atoms with Crippen LogP contribution in [0.5, 0.6) is 0 Å². The third kappa shape index (κ3) is 4.35. The molecule has 0 fully saturated rings. The highest BCUT2D eigenvalue weighted by Gasteiger charge is 2.60. The van der Waals surface area contributed by atoms with Gasteiger partial charge in [-0.05, 0) is 37.2 Å². The van der Waals surface area contributed by atoms with Crippen LogP contribution in [0.4, 0.5) is 26.3 Å². The van der Waals surface area contributed by atoms with Gasteiger partial charge in [-0.3, -0.25) is 0 Å². The van der Waals surface area contributed by atoms with Crippen molar-refractivity contribution in [3.8, 4) is 0 Å². The molecule has 0 aliphatic carbocycles. The Labute approximate surface area is 134 Å². The van der Waals surface area contributed by atoms with Crippen LogP contribution in [0.1, 0.15) is 17.2 Å². The van der Waals surface area contributed by atoms with Gasteiger partial charge in [-0.25, -0.2) is 0 Å². The van der Waals surface area contributed by atoms with E-state index in [1.807, 2.05) is 0 Å². The van der Waals surface area contributed by atoms with E-state index in [4.69, 9.17) is 0 Å². The molecule has 1 aromatic rings. The van der Waals surface area contributed by atoms with E-state index in [9.17, 15) is 26.3 Å². The van der Waals surface area contributed by atoms with Gasteiger partial charge in [0.15, 0.2) is 5.92 Å². The van der Waals surface area contributed by atoms with Crippen LogP contribution in [-0.2, 0) is 0 Å². The molecule has 0 radical (unpaired) electrons. The lowest BCUT2D eigenvalue weighted by molar-refractivity contribution is -0.292. The van der Waals surface area contributed by atoms with Crippen molar-refractivity contribution in [2.45, 2.75) is 25.3 Å². The topological polar surface area (TPSA) is 12.0 Å². The van der Waals surface area contributed by atoms with Gasteiger partial charge >= 0.3 is 12.4 Å². The molecule has 21 heavy (non-hydrogen) atoms. The molecule has 9 heteroatoms. The molecule has 1 unspecified atom stereocenters. The molecule has 1 rings (SSSR count). The Balaban J connectivity index is 3.44. The normalized spacial score (nSPS) is 14.6. The van der Waals surface area contributed by atoms with E-state index in [0.29, 0.717) is 10.0 Å². The summed E-state index contributed by atoms with van der Waals surface area (Å²) in [4.78, 5) is 0. The number of hydrogen-bond donors (Lipinski definition) is 1. The number of nitrogens with one attached hydrogen (secondary N) is 1. The summed E-state index contributed by atoms with van der Waals surface area (Å²) in [6.07, 6.45) is -10.8. The van der Waals surface area contributed by atoms with Gasteiger partial charge < -0.3 is 5.32 Å². The monoisotopic (exact) mass is 441 g/mol. The van der Waals surface area contributed by atoms with Crippen molar-refractivity contribution >= 4 is 31.9 Å². The van der Waals surface area contributed by atoms with Crippen molar-refractivity contribution in [3.63, 3.8) is 0 Å². The van der Waals surface area contributed by atoms with E-state index in [-0.39, 0.29) is 10.0 Å². The zero-order valence-electron chi connectivity index (χ0n) is 10.8. The molecule has 1 N–H and O–H groups in total. The summed E-state index contributed by atoms with van der Waals surface area (Å²) in [5.41, 5.74) is 0.575. The van der Waals surface area contributed by atoms with Crippen molar-refractivity contribution in [2.24, 2.45) is 5.92 Å². The first-order valence-electron chi connectivity index (χ1n) is 5.65. The van der Waals surface area contributed by atoms with Crippen LogP contribution < -0.4 is 5.32 Å². The van der Waals surface area contributed by atoms with Gasteiger partial charge in [-0.1, -0.05) is 31.9 Å². The molecule has 0 spiro atoms. The third-order valence-electron chi connectivity index (χ3n) is 2.96. The quantitative estimate of drug-likeness (QED) is 0.607. The van der Waals surface area contributed by atoms with Crippen LogP contribution in [-0.4, -0.2) is 19.4 Å². The largest absolute Gasteiger partial charge is 0.402 e. The zero-order chi connectivity index (χ0) is 16.6. The van der Waals surface area contributed by atoms with E-state index in [2.05, 4.69) is 37.2 Å². The van der Waals surface area contributed by atoms with Crippen LogP contribution in [0.3, 0.4) is 0 Å². The minimum absolute atomic E-state index is 0.116. The molecule has 0 aromatic heterocycles. The standard InChI is InChI=1S/C12H11Br2F6N/c1-5-3-8(14)6(4-7(5)13)9(21-2)10(11(15,16)17)12(18,19)20/h3-4,9-10,21H,1-2H3. The molecule has 0 saturated carbocycles. The Morgan fingerprint density at radius 2 is 1.43 bits per heavy atom. The number of aryl methyl sites for hydroxylation is 1. The Morgan fingerprint density at radius 1 is 0.952 bits per heavy atom. The predicted molar refractivity (Wildman–Crippen MR) is 74.0 cm³/mol. The summed E-state index contributed by atoms with van der Waals surface area (Å²) in [5.74, 6) is -3.50. The highest BCUT2D eigenvalue weighted by atomic mass is 79.9. The molecule has 0 amide bonds. The van der Waals surface area contributed by atoms with Crippen molar-refractivity contribution in [1.82, 2.24) is 5.32 Å². The van der Waals surface area contributed by atoms with Gasteiger partial charge in [0.1, 0.15) is 0 Å². The zero-order valence-corrected chi connectivity index (χ0v) is 14.0. The highest BCUT2D eigenvalue weighted by molar-refractivity contribution is 9.11. The molecule has 1 aromatic carbocycles. The van der Waals surface area contributed by atoms with E-state index < -0.39 is 24.3 Å². The minimum atomic E-state index is -5.41. The van der Waals surface area contributed by atoms with Crippen LogP contribution >= 0.6 is 31.9 Å². The van der Waals surface area contributed by atoms with E-state index in [1.165, 1.54) is 12.1 Å². The third-order valence-corrected chi connectivity index (χ3v) is 4.50. The van der Waals surface area contributed by atoms with Gasteiger partial charge in [0.25, 0.3) is 0 Å². The van der Waals surface area contributed by atoms with Crippen LogP contribution in [0.15, 0.2) is 21.1 Å². The molecular weight excluding hydrogens is 432 g/mol. The smallest absolute Gasteiger partial charge is 0.312 e. The summed E-state index contributed by atoms with van der Waals surface area (Å²) in [6.45, 7) is 1.68. The Kier molecular flexibility index (Phi) is 5.77. The number of benzene rings is 1. The first kappa shape index (κ1) is 18.8. The Bertz CT molecular complexity index is 498.